The molecule has 2 rings (SSSR count). The topological polar surface area (TPSA) is 47.6 Å². The van der Waals surface area contributed by atoms with Gasteiger partial charge in [0.15, 0.2) is 5.78 Å². The molecule has 0 saturated heterocycles. The van der Waals surface area contributed by atoms with Crippen molar-refractivity contribution in [3.63, 3.8) is 0 Å². The summed E-state index contributed by atoms with van der Waals surface area (Å²) in [6, 6.07) is 12.7. The Morgan fingerprint density at radius 2 is 1.95 bits per heavy atom. The Morgan fingerprint density at radius 3 is 2.64 bits per heavy atom. The molecule has 4 nitrogen and oxygen atoms in total. The van der Waals surface area contributed by atoms with Gasteiger partial charge in [-0.3, -0.25) is 4.79 Å². The highest BCUT2D eigenvalue weighted by molar-refractivity contribution is 9.10. The number of halogens is 1. The van der Waals surface area contributed by atoms with E-state index in [4.69, 9.17) is 9.47 Å². The summed E-state index contributed by atoms with van der Waals surface area (Å²) >= 11 is 3.35. The van der Waals surface area contributed by atoms with Crippen molar-refractivity contribution in [2.75, 3.05) is 19.5 Å². The van der Waals surface area contributed by atoms with Gasteiger partial charge in [-0.05, 0) is 24.3 Å². The number of anilines is 1. The summed E-state index contributed by atoms with van der Waals surface area (Å²) in [6.45, 7) is 0. The van der Waals surface area contributed by atoms with Crippen molar-refractivity contribution < 1.29 is 14.3 Å². The molecule has 22 heavy (non-hydrogen) atoms. The van der Waals surface area contributed by atoms with Crippen LogP contribution in [0.15, 0.2) is 59.2 Å². The van der Waals surface area contributed by atoms with E-state index in [0.29, 0.717) is 17.1 Å². The minimum atomic E-state index is -0.0821. The van der Waals surface area contributed by atoms with Crippen LogP contribution in [0.1, 0.15) is 10.4 Å². The molecule has 0 unspecified atom stereocenters. The number of hydrogen-bond donors (Lipinski definition) is 1. The molecule has 0 aliphatic carbocycles. The predicted molar refractivity (Wildman–Crippen MR) is 90.8 cm³/mol. The molecule has 0 aliphatic rings. The van der Waals surface area contributed by atoms with Crippen molar-refractivity contribution in [1.29, 1.82) is 0 Å². The lowest BCUT2D eigenvalue weighted by molar-refractivity contribution is 0.104. The summed E-state index contributed by atoms with van der Waals surface area (Å²) in [7, 11) is 3.18. The molecule has 0 atom stereocenters. The SMILES string of the molecule is COc1ccc(N/C=C/C(=O)c2cccc(Br)c2)c(OC)c1. The van der Waals surface area contributed by atoms with E-state index in [1.165, 1.54) is 6.08 Å². The molecule has 0 aliphatic heterocycles. The van der Waals surface area contributed by atoms with E-state index >= 15 is 0 Å². The Morgan fingerprint density at radius 1 is 1.14 bits per heavy atom. The standard InChI is InChI=1S/C17H16BrNO3/c1-21-14-6-7-15(17(11-14)22-2)19-9-8-16(20)12-4-3-5-13(18)10-12/h3-11,19H,1-2H3/b9-8+. The average molecular weight is 362 g/mol. The van der Waals surface area contributed by atoms with E-state index in [0.717, 1.165) is 10.2 Å². The fraction of sp³-hybridized carbons (Fsp3) is 0.118. The van der Waals surface area contributed by atoms with Crippen LogP contribution in [-0.2, 0) is 0 Å². The Hall–Kier alpha value is -2.27. The average Bonchev–Trinajstić information content (AvgIpc) is 2.54. The molecule has 0 radical (unpaired) electrons. The fourth-order valence-electron chi connectivity index (χ4n) is 1.86. The minimum absolute atomic E-state index is 0.0821. The van der Waals surface area contributed by atoms with E-state index in [9.17, 15) is 4.79 Å². The first-order valence-corrected chi connectivity index (χ1v) is 7.38. The third-order valence-corrected chi connectivity index (χ3v) is 3.48. The lowest BCUT2D eigenvalue weighted by atomic mass is 10.1. The first-order chi connectivity index (χ1) is 10.6. The number of rotatable bonds is 6. The Balaban J connectivity index is 2.07. The van der Waals surface area contributed by atoms with Crippen molar-refractivity contribution in [3.8, 4) is 11.5 Å². The zero-order valence-electron chi connectivity index (χ0n) is 12.3. The van der Waals surface area contributed by atoms with Crippen molar-refractivity contribution in [2.45, 2.75) is 0 Å². The lowest BCUT2D eigenvalue weighted by Crippen LogP contribution is -1.98. The van der Waals surface area contributed by atoms with Crippen molar-refractivity contribution >= 4 is 27.4 Å². The molecule has 1 N–H and O–H groups in total. The van der Waals surface area contributed by atoms with Gasteiger partial charge in [0.2, 0.25) is 0 Å². The second-order valence-corrected chi connectivity index (χ2v) is 5.33. The van der Waals surface area contributed by atoms with Crippen LogP contribution in [0, 0.1) is 0 Å². The van der Waals surface area contributed by atoms with Crippen molar-refractivity contribution in [3.05, 3.63) is 64.8 Å². The Bertz CT molecular complexity index is 698. The highest BCUT2D eigenvalue weighted by atomic mass is 79.9. The van der Waals surface area contributed by atoms with E-state index in [2.05, 4.69) is 21.2 Å². The summed E-state index contributed by atoms with van der Waals surface area (Å²) in [4.78, 5) is 12.0. The number of nitrogens with one attached hydrogen (secondary N) is 1. The Labute approximate surface area is 137 Å². The van der Waals surface area contributed by atoms with Gasteiger partial charge in [0, 0.05) is 28.4 Å². The summed E-state index contributed by atoms with van der Waals surface area (Å²) in [5.74, 6) is 1.26. The largest absolute Gasteiger partial charge is 0.497 e. The van der Waals surface area contributed by atoms with Gasteiger partial charge in [-0.25, -0.2) is 0 Å². The molecule has 2 aromatic rings. The maximum Gasteiger partial charge on any atom is 0.187 e. The van der Waals surface area contributed by atoms with Crippen LogP contribution in [0.25, 0.3) is 0 Å². The number of hydrogen-bond acceptors (Lipinski definition) is 4. The van der Waals surface area contributed by atoms with Gasteiger partial charge in [-0.1, -0.05) is 28.1 Å². The molecule has 2 aromatic carbocycles. The molecule has 0 bridgehead atoms. The zero-order valence-corrected chi connectivity index (χ0v) is 13.9. The first kappa shape index (κ1) is 16.1. The van der Waals surface area contributed by atoms with E-state index in [1.54, 1.807) is 38.6 Å². The quantitative estimate of drug-likeness (QED) is 0.616. The first-order valence-electron chi connectivity index (χ1n) is 6.59. The predicted octanol–water partition coefficient (Wildman–Crippen LogP) is 4.27. The molecule has 0 aromatic heterocycles. The molecule has 0 spiro atoms. The fourth-order valence-corrected chi connectivity index (χ4v) is 2.26. The zero-order chi connectivity index (χ0) is 15.9. The van der Waals surface area contributed by atoms with E-state index in [-0.39, 0.29) is 5.78 Å². The number of benzene rings is 2. The van der Waals surface area contributed by atoms with Crippen LogP contribution >= 0.6 is 15.9 Å². The van der Waals surface area contributed by atoms with Crippen LogP contribution in [0.4, 0.5) is 5.69 Å². The van der Waals surface area contributed by atoms with Gasteiger partial charge >= 0.3 is 0 Å². The minimum Gasteiger partial charge on any atom is -0.497 e. The molecule has 5 heteroatoms. The normalized spacial score (nSPS) is 10.5. The summed E-state index contributed by atoms with van der Waals surface area (Å²) in [5.41, 5.74) is 1.37. The number of carbonyl (C=O) groups is 1. The van der Waals surface area contributed by atoms with Gasteiger partial charge in [-0.15, -0.1) is 0 Å². The van der Waals surface area contributed by atoms with Crippen LogP contribution in [0.5, 0.6) is 11.5 Å². The molecule has 0 fully saturated rings. The Kier molecular flexibility index (Phi) is 5.61. The summed E-state index contributed by atoms with van der Waals surface area (Å²) in [5, 5.41) is 3.04. The molecular formula is C17H16BrNO3. The lowest BCUT2D eigenvalue weighted by Gasteiger charge is -2.09. The molecule has 0 heterocycles. The van der Waals surface area contributed by atoms with Gasteiger partial charge < -0.3 is 14.8 Å². The second-order valence-electron chi connectivity index (χ2n) is 4.42. The van der Waals surface area contributed by atoms with Gasteiger partial charge in [0.1, 0.15) is 11.5 Å². The van der Waals surface area contributed by atoms with E-state index in [1.807, 2.05) is 24.3 Å². The van der Waals surface area contributed by atoms with Crippen LogP contribution < -0.4 is 14.8 Å². The van der Waals surface area contributed by atoms with Gasteiger partial charge in [0.05, 0.1) is 19.9 Å². The maximum absolute atomic E-state index is 12.0. The van der Waals surface area contributed by atoms with E-state index < -0.39 is 0 Å². The van der Waals surface area contributed by atoms with Crippen LogP contribution in [0.3, 0.4) is 0 Å². The van der Waals surface area contributed by atoms with Crippen molar-refractivity contribution in [1.82, 2.24) is 0 Å². The number of ether oxygens (including phenoxy) is 2. The third kappa shape index (κ3) is 4.11. The highest BCUT2D eigenvalue weighted by Gasteiger charge is 2.04. The number of carbonyl (C=O) groups excluding carboxylic acids is 1. The summed E-state index contributed by atoms with van der Waals surface area (Å²) < 4.78 is 11.3. The van der Waals surface area contributed by atoms with Crippen LogP contribution in [-0.4, -0.2) is 20.0 Å². The number of ketones is 1. The van der Waals surface area contributed by atoms with Crippen LogP contribution in [0.2, 0.25) is 0 Å². The third-order valence-electron chi connectivity index (χ3n) is 2.99. The highest BCUT2D eigenvalue weighted by Crippen LogP contribution is 2.28. The molecule has 114 valence electrons. The maximum atomic E-state index is 12.0. The smallest absolute Gasteiger partial charge is 0.187 e. The van der Waals surface area contributed by atoms with Crippen molar-refractivity contribution in [2.24, 2.45) is 0 Å². The van der Waals surface area contributed by atoms with Gasteiger partial charge in [0.25, 0.3) is 0 Å². The molecular weight excluding hydrogens is 346 g/mol. The van der Waals surface area contributed by atoms with Gasteiger partial charge in [-0.2, -0.15) is 0 Å². The number of allylic oxidation sites excluding steroid dienone is 1. The molecule has 0 amide bonds. The monoisotopic (exact) mass is 361 g/mol. The second kappa shape index (κ2) is 7.66. The number of methoxy groups -OCH3 is 2. The summed E-state index contributed by atoms with van der Waals surface area (Å²) in [6.07, 6.45) is 3.07. The molecule has 0 saturated carbocycles.